The van der Waals surface area contributed by atoms with Gasteiger partial charge in [0.05, 0.1) is 0 Å². The molecule has 2 aliphatic heterocycles. The number of hydrogen-bond acceptors (Lipinski definition) is 3. The Morgan fingerprint density at radius 3 is 2.25 bits per heavy atom. The first-order valence-electron chi connectivity index (χ1n) is 10.5. The zero-order valence-electron chi connectivity index (χ0n) is 16.7. The molecule has 2 heterocycles. The second-order valence-electron chi connectivity index (χ2n) is 8.03. The van der Waals surface area contributed by atoms with Crippen LogP contribution in [0.1, 0.15) is 50.2 Å². The van der Waals surface area contributed by atoms with Gasteiger partial charge in [0.15, 0.2) is 0 Å². The summed E-state index contributed by atoms with van der Waals surface area (Å²) in [6.07, 6.45) is 7.85. The summed E-state index contributed by atoms with van der Waals surface area (Å²) in [7, 11) is 0. The molecule has 2 aliphatic rings. The molecule has 4 rings (SSSR count). The molecule has 2 aromatic carbocycles. The van der Waals surface area contributed by atoms with Gasteiger partial charge in [-0.1, -0.05) is 54.2 Å². The molecule has 28 heavy (non-hydrogen) atoms. The monoisotopic (exact) mass is 391 g/mol. The second kappa shape index (κ2) is 9.11. The van der Waals surface area contributed by atoms with Gasteiger partial charge in [-0.2, -0.15) is 0 Å². The van der Waals surface area contributed by atoms with E-state index in [0.717, 1.165) is 31.7 Å². The summed E-state index contributed by atoms with van der Waals surface area (Å²) < 4.78 is 0. The van der Waals surface area contributed by atoms with Crippen molar-refractivity contribution in [2.45, 2.75) is 48.8 Å². The predicted octanol–water partition coefficient (Wildman–Crippen LogP) is 6.05. The molecule has 2 nitrogen and oxygen atoms in total. The first-order chi connectivity index (χ1) is 13.7. The summed E-state index contributed by atoms with van der Waals surface area (Å²) >= 11 is 1.88. The van der Waals surface area contributed by atoms with Gasteiger partial charge in [-0.3, -0.25) is 0 Å². The number of benzene rings is 2. The van der Waals surface area contributed by atoms with E-state index in [1.807, 2.05) is 11.8 Å². The van der Waals surface area contributed by atoms with Crippen LogP contribution in [0.3, 0.4) is 0 Å². The zero-order valence-corrected chi connectivity index (χ0v) is 17.5. The highest BCUT2D eigenvalue weighted by atomic mass is 32.2. The standard InChI is InChI=1S/C25H29NOS/c1-19(27)12-13-20-14-17-26(18-15-20)16-6-9-21-22-7-2-4-10-24(22)28-25-11-5-3-8-23(21)25/h2-5,7-11,20H,6,12-18H2,1H3. The van der Waals surface area contributed by atoms with E-state index in [1.165, 1.54) is 52.4 Å². The quantitative estimate of drug-likeness (QED) is 0.510. The Kier molecular flexibility index (Phi) is 6.33. The number of ketones is 1. The third kappa shape index (κ3) is 4.59. The maximum absolute atomic E-state index is 11.2. The third-order valence-electron chi connectivity index (χ3n) is 5.98. The number of piperidine rings is 1. The predicted molar refractivity (Wildman–Crippen MR) is 118 cm³/mol. The Bertz CT molecular complexity index is 817. The van der Waals surface area contributed by atoms with E-state index in [0.29, 0.717) is 5.78 Å². The van der Waals surface area contributed by atoms with Crippen molar-refractivity contribution in [3.05, 3.63) is 65.7 Å². The number of rotatable bonds is 6. The molecule has 0 unspecified atom stereocenters. The topological polar surface area (TPSA) is 20.3 Å². The number of fused-ring (bicyclic) bond motifs is 2. The van der Waals surface area contributed by atoms with Crippen LogP contribution in [-0.4, -0.2) is 30.3 Å². The van der Waals surface area contributed by atoms with Crippen molar-refractivity contribution in [2.75, 3.05) is 19.6 Å². The van der Waals surface area contributed by atoms with Crippen molar-refractivity contribution in [3.63, 3.8) is 0 Å². The van der Waals surface area contributed by atoms with Crippen LogP contribution in [0.4, 0.5) is 0 Å². The third-order valence-corrected chi connectivity index (χ3v) is 7.13. The van der Waals surface area contributed by atoms with Crippen LogP contribution < -0.4 is 0 Å². The Hall–Kier alpha value is -1.84. The van der Waals surface area contributed by atoms with E-state index >= 15 is 0 Å². The fourth-order valence-electron chi connectivity index (χ4n) is 4.34. The molecule has 3 heteroatoms. The van der Waals surface area contributed by atoms with Gasteiger partial charge >= 0.3 is 0 Å². The first kappa shape index (κ1) is 19.5. The average Bonchev–Trinajstić information content (AvgIpc) is 2.72. The molecule has 0 spiro atoms. The van der Waals surface area contributed by atoms with Crippen molar-refractivity contribution >= 4 is 23.1 Å². The van der Waals surface area contributed by atoms with Crippen molar-refractivity contribution in [1.29, 1.82) is 0 Å². The maximum Gasteiger partial charge on any atom is 0.129 e. The highest BCUT2D eigenvalue weighted by Gasteiger charge is 2.21. The lowest BCUT2D eigenvalue weighted by atomic mass is 9.91. The highest BCUT2D eigenvalue weighted by molar-refractivity contribution is 7.99. The van der Waals surface area contributed by atoms with Crippen LogP contribution in [0.15, 0.2) is 64.4 Å². The van der Waals surface area contributed by atoms with Gasteiger partial charge in [0.1, 0.15) is 5.78 Å². The minimum Gasteiger partial charge on any atom is -0.303 e. The summed E-state index contributed by atoms with van der Waals surface area (Å²) in [5.41, 5.74) is 4.13. The fraction of sp³-hybridized carbons (Fsp3) is 0.400. The number of nitrogens with zero attached hydrogens (tertiary/aromatic N) is 1. The van der Waals surface area contributed by atoms with Crippen LogP contribution >= 0.6 is 11.8 Å². The Labute approximate surface area is 173 Å². The highest BCUT2D eigenvalue weighted by Crippen LogP contribution is 2.45. The SMILES string of the molecule is CC(=O)CCC1CCN(CCC=C2c3ccccc3Sc3ccccc32)CC1. The Morgan fingerprint density at radius 2 is 1.64 bits per heavy atom. The zero-order chi connectivity index (χ0) is 19.3. The maximum atomic E-state index is 11.2. The van der Waals surface area contributed by atoms with Crippen molar-refractivity contribution in [2.24, 2.45) is 5.92 Å². The van der Waals surface area contributed by atoms with E-state index in [2.05, 4.69) is 59.5 Å². The van der Waals surface area contributed by atoms with Gasteiger partial charge in [-0.15, -0.1) is 0 Å². The molecular weight excluding hydrogens is 362 g/mol. The van der Waals surface area contributed by atoms with Gasteiger partial charge < -0.3 is 9.69 Å². The van der Waals surface area contributed by atoms with Gasteiger partial charge in [0, 0.05) is 22.8 Å². The van der Waals surface area contributed by atoms with Crippen molar-refractivity contribution < 1.29 is 4.79 Å². The molecule has 2 aromatic rings. The normalized spacial score (nSPS) is 17.1. The van der Waals surface area contributed by atoms with Crippen LogP contribution in [0, 0.1) is 5.92 Å². The Balaban J connectivity index is 1.39. The molecule has 0 aliphatic carbocycles. The van der Waals surface area contributed by atoms with Crippen LogP contribution in [-0.2, 0) is 4.79 Å². The summed E-state index contributed by atoms with van der Waals surface area (Å²) in [6.45, 7) is 5.19. The molecule has 1 fully saturated rings. The number of likely N-dealkylation sites (tertiary alicyclic amines) is 1. The summed E-state index contributed by atoms with van der Waals surface area (Å²) in [5, 5.41) is 0. The fourth-order valence-corrected chi connectivity index (χ4v) is 5.44. The van der Waals surface area contributed by atoms with Crippen LogP contribution in [0.5, 0.6) is 0 Å². The van der Waals surface area contributed by atoms with Crippen LogP contribution in [0.2, 0.25) is 0 Å². The van der Waals surface area contributed by atoms with Gasteiger partial charge in [-0.25, -0.2) is 0 Å². The number of Topliss-reactive ketones (excluding diaryl/α,β-unsaturated/α-hetero) is 1. The summed E-state index contributed by atoms with van der Waals surface area (Å²) in [6, 6.07) is 17.5. The van der Waals surface area contributed by atoms with Crippen molar-refractivity contribution in [3.8, 4) is 0 Å². The number of hydrogen-bond donors (Lipinski definition) is 0. The van der Waals surface area contributed by atoms with Gasteiger partial charge in [-0.05, 0) is 80.4 Å². The largest absolute Gasteiger partial charge is 0.303 e. The lowest BCUT2D eigenvalue weighted by Crippen LogP contribution is -2.34. The average molecular weight is 392 g/mol. The number of carbonyl (C=O) groups excluding carboxylic acids is 1. The van der Waals surface area contributed by atoms with E-state index < -0.39 is 0 Å². The van der Waals surface area contributed by atoms with E-state index in [-0.39, 0.29) is 0 Å². The molecule has 0 N–H and O–H groups in total. The number of carbonyl (C=O) groups is 1. The van der Waals surface area contributed by atoms with E-state index in [4.69, 9.17) is 0 Å². The minimum atomic E-state index is 0.334. The second-order valence-corrected chi connectivity index (χ2v) is 9.11. The smallest absolute Gasteiger partial charge is 0.129 e. The molecule has 0 bridgehead atoms. The molecule has 0 radical (unpaired) electrons. The lowest BCUT2D eigenvalue weighted by Gasteiger charge is -2.31. The first-order valence-corrected chi connectivity index (χ1v) is 11.3. The van der Waals surface area contributed by atoms with Crippen molar-refractivity contribution in [1.82, 2.24) is 4.90 Å². The van der Waals surface area contributed by atoms with E-state index in [9.17, 15) is 4.79 Å². The molecule has 0 saturated carbocycles. The summed E-state index contributed by atoms with van der Waals surface area (Å²) in [4.78, 5) is 16.5. The molecule has 0 amide bonds. The van der Waals surface area contributed by atoms with Gasteiger partial charge in [0.2, 0.25) is 0 Å². The molecule has 0 atom stereocenters. The molecular formula is C25H29NOS. The molecule has 0 aromatic heterocycles. The molecule has 1 saturated heterocycles. The van der Waals surface area contributed by atoms with E-state index in [1.54, 1.807) is 6.92 Å². The summed E-state index contributed by atoms with van der Waals surface area (Å²) in [5.74, 6) is 1.08. The van der Waals surface area contributed by atoms with Gasteiger partial charge in [0.25, 0.3) is 0 Å². The Morgan fingerprint density at radius 1 is 1.04 bits per heavy atom. The lowest BCUT2D eigenvalue weighted by molar-refractivity contribution is -0.117. The van der Waals surface area contributed by atoms with Crippen LogP contribution in [0.25, 0.3) is 5.57 Å². The minimum absolute atomic E-state index is 0.334. The molecule has 146 valence electrons.